The molecule has 2 saturated heterocycles. The van der Waals surface area contributed by atoms with Crippen LogP contribution in [0, 0.1) is 18.7 Å². The van der Waals surface area contributed by atoms with Gasteiger partial charge in [-0.15, -0.1) is 0 Å². The number of hydrogen-bond donors (Lipinski definition) is 2. The second kappa shape index (κ2) is 7.25. The maximum atomic E-state index is 14.4. The van der Waals surface area contributed by atoms with Crippen molar-refractivity contribution >= 4 is 17.5 Å². The molecule has 1 aliphatic carbocycles. The standard InChI is InChI=1S/C22H24ClFN2O/c1-14-7-8-17(24)18(19(14)23)21(27)26-20(16-5-3-2-4-6-16)22-11-9-15(10-12-22)13-25-22/h2-8,15,20,25H,9-13H2,1H3,(H,26,27). The number of hydrogen-bond acceptors (Lipinski definition) is 2. The highest BCUT2D eigenvalue weighted by Crippen LogP contribution is 2.44. The second-order valence-corrected chi connectivity index (χ2v) is 8.23. The Bertz CT molecular complexity index is 833. The average Bonchev–Trinajstić information content (AvgIpc) is 2.71. The van der Waals surface area contributed by atoms with Gasteiger partial charge in [-0.25, -0.2) is 4.39 Å². The Morgan fingerprint density at radius 2 is 1.93 bits per heavy atom. The molecule has 0 spiro atoms. The summed E-state index contributed by atoms with van der Waals surface area (Å²) in [6, 6.07) is 12.6. The highest BCUT2D eigenvalue weighted by atomic mass is 35.5. The molecule has 142 valence electrons. The molecule has 3 fully saturated rings. The summed E-state index contributed by atoms with van der Waals surface area (Å²) in [7, 11) is 0. The van der Waals surface area contributed by atoms with Gasteiger partial charge in [-0.1, -0.05) is 48.0 Å². The van der Waals surface area contributed by atoms with Gasteiger partial charge in [0.15, 0.2) is 0 Å². The van der Waals surface area contributed by atoms with Crippen LogP contribution >= 0.6 is 11.6 Å². The molecule has 2 aromatic rings. The van der Waals surface area contributed by atoms with Gasteiger partial charge < -0.3 is 10.6 Å². The molecule has 1 atom stereocenters. The zero-order valence-corrected chi connectivity index (χ0v) is 16.2. The van der Waals surface area contributed by atoms with Gasteiger partial charge in [0.05, 0.1) is 16.6 Å². The first-order chi connectivity index (χ1) is 13.0. The molecule has 2 heterocycles. The molecule has 0 radical (unpaired) electrons. The van der Waals surface area contributed by atoms with Crippen molar-refractivity contribution in [1.29, 1.82) is 0 Å². The lowest BCUT2D eigenvalue weighted by molar-refractivity contribution is 0.0674. The van der Waals surface area contributed by atoms with Crippen LogP contribution in [0.15, 0.2) is 42.5 Å². The predicted molar refractivity (Wildman–Crippen MR) is 105 cm³/mol. The number of piperidine rings is 2. The van der Waals surface area contributed by atoms with Gasteiger partial charge in [0.2, 0.25) is 0 Å². The van der Waals surface area contributed by atoms with Crippen molar-refractivity contribution in [3.05, 3.63) is 70.0 Å². The highest BCUT2D eigenvalue weighted by molar-refractivity contribution is 6.34. The van der Waals surface area contributed by atoms with E-state index in [0.29, 0.717) is 5.56 Å². The quantitative estimate of drug-likeness (QED) is 0.793. The zero-order chi connectivity index (χ0) is 19.0. The lowest BCUT2D eigenvalue weighted by atomic mass is 9.67. The molecule has 5 rings (SSSR count). The summed E-state index contributed by atoms with van der Waals surface area (Å²) < 4.78 is 14.4. The van der Waals surface area contributed by atoms with E-state index in [1.165, 1.54) is 6.07 Å². The SMILES string of the molecule is Cc1ccc(F)c(C(=O)NC(c2ccccc2)C23CCC(CC2)CN3)c1Cl. The molecule has 2 aromatic carbocycles. The van der Waals surface area contributed by atoms with Crippen molar-refractivity contribution in [1.82, 2.24) is 10.6 Å². The first-order valence-corrected chi connectivity index (χ1v) is 9.93. The average molecular weight is 387 g/mol. The van der Waals surface area contributed by atoms with E-state index in [9.17, 15) is 9.18 Å². The summed E-state index contributed by atoms with van der Waals surface area (Å²) in [5.74, 6) is -0.325. The van der Waals surface area contributed by atoms with Crippen LogP contribution in [0.5, 0.6) is 0 Å². The van der Waals surface area contributed by atoms with Crippen LogP contribution in [-0.4, -0.2) is 18.0 Å². The van der Waals surface area contributed by atoms with Crippen molar-refractivity contribution in [2.45, 2.75) is 44.2 Å². The first-order valence-electron chi connectivity index (χ1n) is 9.55. The first kappa shape index (κ1) is 18.5. The zero-order valence-electron chi connectivity index (χ0n) is 15.4. The lowest BCUT2D eigenvalue weighted by Gasteiger charge is -2.52. The molecule has 3 nitrogen and oxygen atoms in total. The van der Waals surface area contributed by atoms with Crippen LogP contribution in [0.4, 0.5) is 4.39 Å². The minimum absolute atomic E-state index is 0.0708. The van der Waals surface area contributed by atoms with E-state index >= 15 is 0 Å². The smallest absolute Gasteiger partial charge is 0.256 e. The number of carbonyl (C=O) groups excluding carboxylic acids is 1. The van der Waals surface area contributed by atoms with Crippen molar-refractivity contribution in [3.63, 3.8) is 0 Å². The molecule has 2 N–H and O–H groups in total. The molecule has 1 amide bonds. The number of benzene rings is 2. The predicted octanol–water partition coefficient (Wildman–Crippen LogP) is 4.79. The number of nitrogens with one attached hydrogen (secondary N) is 2. The summed E-state index contributed by atoms with van der Waals surface area (Å²) in [5.41, 5.74) is 1.45. The van der Waals surface area contributed by atoms with Crippen molar-refractivity contribution in [2.24, 2.45) is 5.92 Å². The number of halogens is 2. The van der Waals surface area contributed by atoms with E-state index in [1.54, 1.807) is 13.0 Å². The Morgan fingerprint density at radius 3 is 2.56 bits per heavy atom. The van der Waals surface area contributed by atoms with Crippen LogP contribution in [-0.2, 0) is 0 Å². The maximum Gasteiger partial charge on any atom is 0.256 e. The normalized spacial score (nSPS) is 25.2. The highest BCUT2D eigenvalue weighted by Gasteiger charge is 2.47. The Morgan fingerprint density at radius 1 is 1.22 bits per heavy atom. The number of aryl methyl sites for hydroxylation is 1. The number of amides is 1. The van der Waals surface area contributed by atoms with Crippen molar-refractivity contribution in [2.75, 3.05) is 6.54 Å². The molecule has 2 aliphatic heterocycles. The Balaban J connectivity index is 1.70. The number of fused-ring (bicyclic) bond motifs is 3. The molecule has 1 unspecified atom stereocenters. The lowest BCUT2D eigenvalue weighted by Crippen LogP contribution is -2.62. The number of carbonyl (C=O) groups is 1. The minimum atomic E-state index is -0.590. The summed E-state index contributed by atoms with van der Waals surface area (Å²) >= 11 is 6.27. The van der Waals surface area contributed by atoms with E-state index < -0.39 is 11.7 Å². The number of rotatable bonds is 4. The van der Waals surface area contributed by atoms with E-state index in [2.05, 4.69) is 10.6 Å². The fourth-order valence-electron chi connectivity index (χ4n) is 4.57. The van der Waals surface area contributed by atoms with Crippen LogP contribution in [0.1, 0.15) is 53.2 Å². The van der Waals surface area contributed by atoms with Crippen LogP contribution in [0.25, 0.3) is 0 Å². The summed E-state index contributed by atoms with van der Waals surface area (Å²) in [5, 5.41) is 6.98. The van der Waals surface area contributed by atoms with E-state index in [4.69, 9.17) is 11.6 Å². The maximum absolute atomic E-state index is 14.4. The third-order valence-electron chi connectivity index (χ3n) is 6.21. The van der Waals surface area contributed by atoms with Crippen LogP contribution in [0.3, 0.4) is 0 Å². The third kappa shape index (κ3) is 3.37. The fourth-order valence-corrected chi connectivity index (χ4v) is 4.81. The van der Waals surface area contributed by atoms with Gasteiger partial charge in [0.1, 0.15) is 5.82 Å². The molecule has 2 bridgehead atoms. The van der Waals surface area contributed by atoms with E-state index in [0.717, 1.165) is 43.7 Å². The molecular weight excluding hydrogens is 363 g/mol. The van der Waals surface area contributed by atoms with Gasteiger partial charge in [0, 0.05) is 5.54 Å². The van der Waals surface area contributed by atoms with E-state index in [-0.39, 0.29) is 22.2 Å². The fraction of sp³-hybridized carbons (Fsp3) is 0.409. The third-order valence-corrected chi connectivity index (χ3v) is 6.70. The van der Waals surface area contributed by atoms with Crippen LogP contribution in [0.2, 0.25) is 5.02 Å². The molecular formula is C22H24ClFN2O. The van der Waals surface area contributed by atoms with Crippen molar-refractivity contribution in [3.8, 4) is 0 Å². The molecule has 3 aliphatic rings. The summed E-state index contributed by atoms with van der Waals surface area (Å²) in [6.45, 7) is 2.74. The van der Waals surface area contributed by atoms with Crippen LogP contribution < -0.4 is 10.6 Å². The minimum Gasteiger partial charge on any atom is -0.343 e. The van der Waals surface area contributed by atoms with E-state index in [1.807, 2.05) is 30.3 Å². The largest absolute Gasteiger partial charge is 0.343 e. The topological polar surface area (TPSA) is 41.1 Å². The molecule has 27 heavy (non-hydrogen) atoms. The van der Waals surface area contributed by atoms with Gasteiger partial charge in [-0.2, -0.15) is 0 Å². The summed E-state index contributed by atoms with van der Waals surface area (Å²) in [6.07, 6.45) is 4.32. The summed E-state index contributed by atoms with van der Waals surface area (Å²) in [4.78, 5) is 13.1. The monoisotopic (exact) mass is 386 g/mol. The van der Waals surface area contributed by atoms with Gasteiger partial charge in [-0.05, 0) is 62.3 Å². The Labute approximate surface area is 164 Å². The Kier molecular flexibility index (Phi) is 4.95. The molecule has 1 saturated carbocycles. The Hall–Kier alpha value is -1.91. The second-order valence-electron chi connectivity index (χ2n) is 7.85. The molecule has 5 heteroatoms. The van der Waals surface area contributed by atoms with Crippen molar-refractivity contribution < 1.29 is 9.18 Å². The van der Waals surface area contributed by atoms with Gasteiger partial charge in [-0.3, -0.25) is 4.79 Å². The van der Waals surface area contributed by atoms with Gasteiger partial charge in [0.25, 0.3) is 5.91 Å². The molecule has 0 aromatic heterocycles. The van der Waals surface area contributed by atoms with Gasteiger partial charge >= 0.3 is 0 Å².